The molecule has 0 saturated carbocycles. The SMILES string of the molecule is O=C1COCC2CN(c3cccc(-c4cnc5ccc(N6CCC[C@@H]6c6cccc(F)c6)nn45)n3)CCN12. The Kier molecular flexibility index (Phi) is 5.69. The summed E-state index contributed by atoms with van der Waals surface area (Å²) >= 11 is 0. The van der Waals surface area contributed by atoms with E-state index in [1.165, 1.54) is 6.07 Å². The fourth-order valence-corrected chi connectivity index (χ4v) is 5.93. The highest BCUT2D eigenvalue weighted by Crippen LogP contribution is 2.36. The van der Waals surface area contributed by atoms with Crippen LogP contribution in [0.15, 0.2) is 60.8 Å². The van der Waals surface area contributed by atoms with Crippen LogP contribution < -0.4 is 9.80 Å². The number of benzene rings is 1. The zero-order valence-electron chi connectivity index (χ0n) is 20.9. The van der Waals surface area contributed by atoms with E-state index in [-0.39, 0.29) is 30.4 Å². The van der Waals surface area contributed by atoms with Crippen molar-refractivity contribution < 1.29 is 13.9 Å². The fraction of sp³-hybridized carbons (Fsp3) is 0.357. The maximum atomic E-state index is 13.9. The monoisotopic (exact) mass is 513 g/mol. The Morgan fingerprint density at radius 3 is 2.82 bits per heavy atom. The molecular weight excluding hydrogens is 485 g/mol. The predicted octanol–water partition coefficient (Wildman–Crippen LogP) is 3.32. The van der Waals surface area contributed by atoms with Crippen LogP contribution in [0, 0.1) is 5.82 Å². The number of morpholine rings is 1. The van der Waals surface area contributed by atoms with Gasteiger partial charge in [0.1, 0.15) is 29.8 Å². The number of nitrogens with zero attached hydrogens (tertiary/aromatic N) is 7. The topological polar surface area (TPSA) is 79.1 Å². The standard InChI is InChI=1S/C28H28FN7O2/c29-20-5-1-4-19(14-20)23-7-3-11-35(23)27-10-9-25-30-15-24(36(25)32-27)22-6-2-8-26(31-22)33-12-13-34-21(16-33)17-38-18-28(34)37/h1-2,4-6,8-10,14-15,21,23H,3,7,11-13,16-18H2/t21?,23-/m1/s1. The summed E-state index contributed by atoms with van der Waals surface area (Å²) in [5, 5.41) is 4.97. The second-order valence-corrected chi connectivity index (χ2v) is 10.1. The van der Waals surface area contributed by atoms with E-state index in [9.17, 15) is 9.18 Å². The number of carbonyl (C=O) groups is 1. The molecule has 9 nitrogen and oxygen atoms in total. The van der Waals surface area contributed by atoms with Gasteiger partial charge in [0.25, 0.3) is 0 Å². The maximum Gasteiger partial charge on any atom is 0.249 e. The van der Waals surface area contributed by atoms with Crippen molar-refractivity contribution in [3.05, 3.63) is 72.2 Å². The van der Waals surface area contributed by atoms with Crippen LogP contribution in [0.3, 0.4) is 0 Å². The Morgan fingerprint density at radius 2 is 1.89 bits per heavy atom. The van der Waals surface area contributed by atoms with Gasteiger partial charge in [-0.25, -0.2) is 18.9 Å². The summed E-state index contributed by atoms with van der Waals surface area (Å²) in [4.78, 5) is 28.1. The van der Waals surface area contributed by atoms with Gasteiger partial charge in [-0.1, -0.05) is 18.2 Å². The Bertz CT molecular complexity index is 1510. The van der Waals surface area contributed by atoms with Crippen LogP contribution in [-0.4, -0.2) is 75.8 Å². The number of rotatable bonds is 4. The number of ether oxygens (including phenoxy) is 1. The lowest BCUT2D eigenvalue weighted by Crippen LogP contribution is -2.60. The molecule has 0 N–H and O–H groups in total. The van der Waals surface area contributed by atoms with E-state index in [0.717, 1.165) is 60.2 Å². The number of hydrogen-bond donors (Lipinski definition) is 0. The average molecular weight is 514 g/mol. The molecule has 0 radical (unpaired) electrons. The molecule has 3 saturated heterocycles. The Morgan fingerprint density at radius 1 is 0.974 bits per heavy atom. The van der Waals surface area contributed by atoms with E-state index < -0.39 is 0 Å². The second kappa shape index (κ2) is 9.36. The van der Waals surface area contributed by atoms with Crippen molar-refractivity contribution in [2.75, 3.05) is 49.2 Å². The van der Waals surface area contributed by atoms with Crippen LogP contribution in [-0.2, 0) is 9.53 Å². The molecule has 38 heavy (non-hydrogen) atoms. The van der Waals surface area contributed by atoms with E-state index >= 15 is 0 Å². The van der Waals surface area contributed by atoms with E-state index in [1.54, 1.807) is 18.3 Å². The number of halogens is 1. The van der Waals surface area contributed by atoms with E-state index in [1.807, 2.05) is 45.8 Å². The van der Waals surface area contributed by atoms with Gasteiger partial charge in [0.15, 0.2) is 5.65 Å². The minimum absolute atomic E-state index is 0.0435. The summed E-state index contributed by atoms with van der Waals surface area (Å²) in [6, 6.07) is 16.9. The van der Waals surface area contributed by atoms with Gasteiger partial charge in [0, 0.05) is 26.2 Å². The number of imidazole rings is 1. The number of pyridine rings is 1. The van der Waals surface area contributed by atoms with Crippen molar-refractivity contribution in [2.45, 2.75) is 24.9 Å². The summed E-state index contributed by atoms with van der Waals surface area (Å²) in [5.41, 5.74) is 3.29. The van der Waals surface area contributed by atoms with E-state index in [2.05, 4.69) is 14.8 Å². The highest BCUT2D eigenvalue weighted by Gasteiger charge is 2.34. The molecule has 3 aliphatic rings. The van der Waals surface area contributed by atoms with Gasteiger partial charge in [-0.15, -0.1) is 5.10 Å². The molecule has 3 aromatic heterocycles. The lowest BCUT2D eigenvalue weighted by Gasteiger charge is -2.44. The van der Waals surface area contributed by atoms with E-state index in [0.29, 0.717) is 19.7 Å². The Balaban J connectivity index is 1.18. The van der Waals surface area contributed by atoms with Crippen LogP contribution in [0.5, 0.6) is 0 Å². The van der Waals surface area contributed by atoms with Gasteiger partial charge in [0.2, 0.25) is 5.91 Å². The summed E-state index contributed by atoms with van der Waals surface area (Å²) in [6.45, 7) is 3.67. The third-order valence-corrected chi connectivity index (χ3v) is 7.79. The van der Waals surface area contributed by atoms with Crippen molar-refractivity contribution in [3.8, 4) is 11.4 Å². The van der Waals surface area contributed by atoms with Gasteiger partial charge in [0.05, 0.1) is 30.6 Å². The smallest absolute Gasteiger partial charge is 0.249 e. The van der Waals surface area contributed by atoms with Crippen molar-refractivity contribution in [3.63, 3.8) is 0 Å². The lowest BCUT2D eigenvalue weighted by molar-refractivity contribution is -0.148. The largest absolute Gasteiger partial charge is 0.369 e. The number of piperazine rings is 1. The van der Waals surface area contributed by atoms with Crippen LogP contribution in [0.4, 0.5) is 16.0 Å². The van der Waals surface area contributed by atoms with Gasteiger partial charge < -0.3 is 19.4 Å². The Labute approximate surface area is 219 Å². The van der Waals surface area contributed by atoms with Gasteiger partial charge in [-0.2, -0.15) is 0 Å². The highest BCUT2D eigenvalue weighted by atomic mass is 19.1. The first-order valence-electron chi connectivity index (χ1n) is 13.1. The first-order chi connectivity index (χ1) is 18.6. The number of hydrogen-bond acceptors (Lipinski definition) is 7. The number of aromatic nitrogens is 4. The fourth-order valence-electron chi connectivity index (χ4n) is 5.93. The van der Waals surface area contributed by atoms with Crippen molar-refractivity contribution in [1.29, 1.82) is 0 Å². The van der Waals surface area contributed by atoms with Gasteiger partial charge in [-0.05, 0) is 54.8 Å². The summed E-state index contributed by atoms with van der Waals surface area (Å²) in [6.07, 6.45) is 3.78. The summed E-state index contributed by atoms with van der Waals surface area (Å²) in [7, 11) is 0. The molecule has 0 aliphatic carbocycles. The number of carbonyl (C=O) groups excluding carboxylic acids is 1. The van der Waals surface area contributed by atoms with Gasteiger partial charge >= 0.3 is 0 Å². The molecule has 7 rings (SSSR count). The first kappa shape index (κ1) is 23.1. The van der Waals surface area contributed by atoms with E-state index in [4.69, 9.17) is 14.8 Å². The van der Waals surface area contributed by atoms with Crippen LogP contribution in [0.25, 0.3) is 17.0 Å². The lowest BCUT2D eigenvalue weighted by atomic mass is 10.0. The molecule has 1 amide bonds. The third kappa shape index (κ3) is 4.05. The molecule has 194 valence electrons. The average Bonchev–Trinajstić information content (AvgIpc) is 3.60. The summed E-state index contributed by atoms with van der Waals surface area (Å²) in [5.74, 6) is 1.53. The molecule has 6 heterocycles. The normalized spacial score (nSPS) is 21.8. The third-order valence-electron chi connectivity index (χ3n) is 7.79. The van der Waals surface area contributed by atoms with Crippen molar-refractivity contribution in [2.24, 2.45) is 0 Å². The zero-order valence-corrected chi connectivity index (χ0v) is 20.9. The molecule has 1 aromatic carbocycles. The Hall–Kier alpha value is -4.05. The molecule has 2 atom stereocenters. The summed E-state index contributed by atoms with van der Waals surface area (Å²) < 4.78 is 21.3. The predicted molar refractivity (Wildman–Crippen MR) is 140 cm³/mol. The van der Waals surface area contributed by atoms with Crippen LogP contribution in [0.2, 0.25) is 0 Å². The van der Waals surface area contributed by atoms with Crippen molar-refractivity contribution in [1.82, 2.24) is 24.5 Å². The molecule has 0 spiro atoms. The van der Waals surface area contributed by atoms with Crippen molar-refractivity contribution >= 4 is 23.2 Å². The number of anilines is 2. The first-order valence-corrected chi connectivity index (χ1v) is 13.1. The van der Waals surface area contributed by atoms with Crippen LogP contribution >= 0.6 is 0 Å². The molecule has 1 unspecified atom stereocenters. The molecule has 3 fully saturated rings. The van der Waals surface area contributed by atoms with Crippen LogP contribution in [0.1, 0.15) is 24.4 Å². The minimum atomic E-state index is -0.218. The number of fused-ring (bicyclic) bond motifs is 2. The quantitative estimate of drug-likeness (QED) is 0.414. The molecule has 0 bridgehead atoms. The molecule has 4 aromatic rings. The zero-order chi connectivity index (χ0) is 25.6. The minimum Gasteiger partial charge on any atom is -0.369 e. The number of amides is 1. The van der Waals surface area contributed by atoms with Gasteiger partial charge in [-0.3, -0.25) is 4.79 Å². The maximum absolute atomic E-state index is 13.9. The molecule has 10 heteroatoms. The molecular formula is C28H28FN7O2. The highest BCUT2D eigenvalue weighted by molar-refractivity contribution is 5.79. The molecule has 3 aliphatic heterocycles. The second-order valence-electron chi connectivity index (χ2n) is 10.1.